The molecule has 0 N–H and O–H groups in total. The number of aliphatic carboxylic acids is 1. The van der Waals surface area contributed by atoms with Gasteiger partial charge in [0.05, 0.1) is 29.6 Å². The van der Waals surface area contributed by atoms with Crippen molar-refractivity contribution in [2.45, 2.75) is 12.5 Å². The number of carbonyl (C=O) groups is 3. The van der Waals surface area contributed by atoms with Gasteiger partial charge in [-0.1, -0.05) is 66.4 Å². The molecule has 148 valence electrons. The van der Waals surface area contributed by atoms with Crippen molar-refractivity contribution in [1.29, 1.82) is 0 Å². The molecule has 1 aliphatic rings. The van der Waals surface area contributed by atoms with Gasteiger partial charge < -0.3 is 14.6 Å². The molecule has 0 saturated carbocycles. The molecule has 1 saturated heterocycles. The van der Waals surface area contributed by atoms with Gasteiger partial charge in [-0.2, -0.15) is 0 Å². The van der Waals surface area contributed by atoms with Crippen molar-refractivity contribution in [3.63, 3.8) is 0 Å². The molecule has 0 aliphatic carbocycles. The summed E-state index contributed by atoms with van der Waals surface area (Å²) in [5, 5.41) is 11.7. The number of carboxylic acid groups (broad SMARTS) is 1. The molecule has 2 aromatic carbocycles. The van der Waals surface area contributed by atoms with Crippen LogP contribution in [-0.2, 0) is 20.7 Å². The molecule has 3 rings (SSSR count). The fourth-order valence-corrected chi connectivity index (χ4v) is 4.21. The molecule has 0 bridgehead atoms. The summed E-state index contributed by atoms with van der Waals surface area (Å²) in [6.45, 7) is 0. The second-order valence-corrected chi connectivity index (χ2v) is 7.87. The number of benzene rings is 2. The highest BCUT2D eigenvalue weighted by molar-refractivity contribution is 8.26. The molecule has 1 heterocycles. The lowest BCUT2D eigenvalue weighted by atomic mass is 10.0. The number of methoxy groups -OCH3 is 1. The third kappa shape index (κ3) is 4.72. The second kappa shape index (κ2) is 9.02. The van der Waals surface area contributed by atoms with E-state index in [1.807, 2.05) is 6.07 Å². The largest absolute Gasteiger partial charge is 0.548 e. The molecule has 1 atom stereocenters. The molecule has 8 heteroatoms. The molecule has 1 amide bonds. The van der Waals surface area contributed by atoms with Crippen molar-refractivity contribution in [3.8, 4) is 0 Å². The van der Waals surface area contributed by atoms with Crippen LogP contribution >= 0.6 is 24.0 Å². The molecule has 0 aromatic heterocycles. The van der Waals surface area contributed by atoms with E-state index in [0.29, 0.717) is 16.0 Å². The Balaban J connectivity index is 1.83. The number of carboxylic acids is 1. The Hall–Kier alpha value is -2.97. The lowest BCUT2D eigenvalue weighted by Crippen LogP contribution is -2.51. The topological polar surface area (TPSA) is 86.7 Å². The van der Waals surface area contributed by atoms with Gasteiger partial charge in [0.25, 0.3) is 5.91 Å². The van der Waals surface area contributed by atoms with E-state index in [2.05, 4.69) is 4.74 Å². The molecule has 6 nitrogen and oxygen atoms in total. The predicted octanol–water partition coefficient (Wildman–Crippen LogP) is 2.04. The predicted molar refractivity (Wildman–Crippen MR) is 112 cm³/mol. The summed E-state index contributed by atoms with van der Waals surface area (Å²) in [4.78, 5) is 37.5. The first-order valence-electron chi connectivity index (χ1n) is 8.61. The SMILES string of the molecule is COC(=O)c1ccc(/C=C2/SC(=S)N([C@H](Cc3ccccc3)C(=O)[O-])C2=O)cc1. The van der Waals surface area contributed by atoms with Gasteiger partial charge in [0, 0.05) is 0 Å². The van der Waals surface area contributed by atoms with Gasteiger partial charge in [-0.05, 0) is 35.8 Å². The zero-order valence-corrected chi connectivity index (χ0v) is 17.0. The quantitative estimate of drug-likeness (QED) is 0.397. The van der Waals surface area contributed by atoms with Crippen molar-refractivity contribution >= 4 is 52.2 Å². The molecule has 0 spiro atoms. The van der Waals surface area contributed by atoms with Gasteiger partial charge >= 0.3 is 5.97 Å². The van der Waals surface area contributed by atoms with Gasteiger partial charge in [-0.15, -0.1) is 0 Å². The Morgan fingerprint density at radius 1 is 1.17 bits per heavy atom. The molecule has 1 aliphatic heterocycles. The molecule has 1 fully saturated rings. The van der Waals surface area contributed by atoms with E-state index in [-0.39, 0.29) is 10.7 Å². The summed E-state index contributed by atoms with van der Waals surface area (Å²) in [5.74, 6) is -2.31. The minimum absolute atomic E-state index is 0.0940. The number of amides is 1. The highest BCUT2D eigenvalue weighted by Crippen LogP contribution is 2.34. The first-order valence-corrected chi connectivity index (χ1v) is 9.83. The van der Waals surface area contributed by atoms with E-state index in [1.54, 1.807) is 54.6 Å². The van der Waals surface area contributed by atoms with Crippen LogP contribution in [0.3, 0.4) is 0 Å². The molecular weight excluding hydrogens is 410 g/mol. The van der Waals surface area contributed by atoms with Crippen LogP contribution in [0.1, 0.15) is 21.5 Å². The maximum absolute atomic E-state index is 12.9. The number of esters is 1. The average Bonchev–Trinajstić information content (AvgIpc) is 2.99. The van der Waals surface area contributed by atoms with E-state index in [0.717, 1.165) is 22.2 Å². The van der Waals surface area contributed by atoms with Crippen molar-refractivity contribution < 1.29 is 24.2 Å². The number of hydrogen-bond donors (Lipinski definition) is 0. The van der Waals surface area contributed by atoms with Gasteiger partial charge in [-0.25, -0.2) is 4.79 Å². The smallest absolute Gasteiger partial charge is 0.337 e. The number of hydrogen-bond acceptors (Lipinski definition) is 7. The summed E-state index contributed by atoms with van der Waals surface area (Å²) in [7, 11) is 1.30. The third-order valence-electron chi connectivity index (χ3n) is 4.31. The zero-order chi connectivity index (χ0) is 21.0. The van der Waals surface area contributed by atoms with Crippen LogP contribution in [0, 0.1) is 0 Å². The summed E-state index contributed by atoms with van der Waals surface area (Å²) >= 11 is 6.30. The summed E-state index contributed by atoms with van der Waals surface area (Å²) < 4.78 is 4.82. The van der Waals surface area contributed by atoms with Crippen LogP contribution < -0.4 is 5.11 Å². The van der Waals surface area contributed by atoms with Crippen LogP contribution in [0.25, 0.3) is 6.08 Å². The van der Waals surface area contributed by atoms with Crippen LogP contribution in [0.5, 0.6) is 0 Å². The van der Waals surface area contributed by atoms with Crippen molar-refractivity contribution in [3.05, 3.63) is 76.2 Å². The van der Waals surface area contributed by atoms with Crippen molar-refractivity contribution in [1.82, 2.24) is 4.90 Å². The van der Waals surface area contributed by atoms with Crippen molar-refractivity contribution in [2.75, 3.05) is 7.11 Å². The Morgan fingerprint density at radius 3 is 2.41 bits per heavy atom. The first-order chi connectivity index (χ1) is 13.9. The van der Waals surface area contributed by atoms with Gasteiger partial charge in [-0.3, -0.25) is 9.69 Å². The third-order valence-corrected chi connectivity index (χ3v) is 5.64. The molecule has 29 heavy (non-hydrogen) atoms. The fourth-order valence-electron chi connectivity index (χ4n) is 2.85. The van der Waals surface area contributed by atoms with E-state index in [1.165, 1.54) is 7.11 Å². The number of thioether (sulfide) groups is 1. The van der Waals surface area contributed by atoms with Crippen LogP contribution in [0.2, 0.25) is 0 Å². The summed E-state index contributed by atoms with van der Waals surface area (Å²) in [6.07, 6.45) is 1.70. The zero-order valence-electron chi connectivity index (χ0n) is 15.4. The highest BCUT2D eigenvalue weighted by atomic mass is 32.2. The second-order valence-electron chi connectivity index (χ2n) is 6.19. The molecule has 0 unspecified atom stereocenters. The average molecular weight is 426 g/mol. The monoisotopic (exact) mass is 426 g/mol. The van der Waals surface area contributed by atoms with E-state index in [9.17, 15) is 19.5 Å². The number of carbonyl (C=O) groups excluding carboxylic acids is 3. The Labute approximate surface area is 177 Å². The van der Waals surface area contributed by atoms with Gasteiger partial charge in [0.1, 0.15) is 4.32 Å². The number of nitrogens with zero attached hydrogens (tertiary/aromatic N) is 1. The fraction of sp³-hybridized carbons (Fsp3) is 0.143. The summed E-state index contributed by atoms with van der Waals surface area (Å²) in [6, 6.07) is 14.3. The van der Waals surface area contributed by atoms with Crippen LogP contribution in [-0.4, -0.2) is 40.2 Å². The Morgan fingerprint density at radius 2 is 1.83 bits per heavy atom. The van der Waals surface area contributed by atoms with Crippen molar-refractivity contribution in [2.24, 2.45) is 0 Å². The number of rotatable bonds is 6. The molecule has 0 radical (unpaired) electrons. The minimum atomic E-state index is -1.37. The van der Waals surface area contributed by atoms with Crippen LogP contribution in [0.15, 0.2) is 59.5 Å². The summed E-state index contributed by atoms with van der Waals surface area (Å²) in [5.41, 5.74) is 1.82. The normalized spacial score (nSPS) is 16.2. The van der Waals surface area contributed by atoms with E-state index < -0.39 is 23.9 Å². The molecule has 2 aromatic rings. The molecular formula is C21H16NO5S2-. The van der Waals surface area contributed by atoms with E-state index >= 15 is 0 Å². The minimum Gasteiger partial charge on any atom is -0.548 e. The van der Waals surface area contributed by atoms with Crippen LogP contribution in [0.4, 0.5) is 0 Å². The van der Waals surface area contributed by atoms with Gasteiger partial charge in [0.15, 0.2) is 0 Å². The number of ether oxygens (including phenoxy) is 1. The van der Waals surface area contributed by atoms with Gasteiger partial charge in [0.2, 0.25) is 0 Å². The standard InChI is InChI=1S/C21H17NO5S2/c1-27-20(26)15-9-7-14(8-10-15)12-17-18(23)22(21(28)29-17)16(19(24)25)11-13-5-3-2-4-6-13/h2-10,12,16H,11H2,1H3,(H,24,25)/p-1/b17-12+/t16-/m1/s1. The maximum Gasteiger partial charge on any atom is 0.337 e. The lowest BCUT2D eigenvalue weighted by Gasteiger charge is -2.27. The van der Waals surface area contributed by atoms with E-state index in [4.69, 9.17) is 12.2 Å². The maximum atomic E-state index is 12.9. The number of thiocarbonyl (C=S) groups is 1. The Bertz CT molecular complexity index is 986. The first kappa shape index (κ1) is 20.8. The lowest BCUT2D eigenvalue weighted by molar-refractivity contribution is -0.310. The Kier molecular flexibility index (Phi) is 6.46. The highest BCUT2D eigenvalue weighted by Gasteiger charge is 2.37.